The molecule has 1 aliphatic rings. The molecular weight excluding hydrogens is 478 g/mol. The molecule has 0 unspecified atom stereocenters. The van der Waals surface area contributed by atoms with E-state index in [1.165, 1.54) is 0 Å². The topological polar surface area (TPSA) is 67.6 Å². The van der Waals surface area contributed by atoms with E-state index in [1.807, 2.05) is 0 Å². The van der Waals surface area contributed by atoms with Crippen LogP contribution in [0.3, 0.4) is 0 Å². The molecule has 2 aromatic rings. The number of nitriles is 1. The Morgan fingerprint density at radius 2 is 1.53 bits per heavy atom. The lowest BCUT2D eigenvalue weighted by Crippen LogP contribution is -2.29. The monoisotopic (exact) mass is 482 g/mol. The van der Waals surface area contributed by atoms with E-state index < -0.39 is 68.2 Å². The van der Waals surface area contributed by atoms with Crippen molar-refractivity contribution in [2.45, 2.75) is 29.9 Å². The van der Waals surface area contributed by atoms with Crippen LogP contribution in [0.2, 0.25) is 10.0 Å². The second-order valence-corrected chi connectivity index (χ2v) is 6.99. The number of halogens is 11. The van der Waals surface area contributed by atoms with Crippen LogP contribution in [0.4, 0.5) is 45.3 Å². The summed E-state index contributed by atoms with van der Waals surface area (Å²) in [5.41, 5.74) is -4.01. The molecule has 0 bridgehead atoms. The van der Waals surface area contributed by atoms with Gasteiger partial charge in [-0.15, -0.1) is 0 Å². The number of benzene rings is 1. The average molecular weight is 483 g/mol. The Balaban J connectivity index is 2.32. The highest BCUT2D eigenvalue weighted by Gasteiger charge is 3.01. The van der Waals surface area contributed by atoms with E-state index in [0.717, 1.165) is 6.07 Å². The van der Waals surface area contributed by atoms with Crippen molar-refractivity contribution in [3.63, 3.8) is 0 Å². The Hall–Kier alpha value is -2.33. The lowest BCUT2D eigenvalue weighted by molar-refractivity contribution is -0.137. The quantitative estimate of drug-likeness (QED) is 0.592. The molecule has 2 N–H and O–H groups in total. The largest absolute Gasteiger partial charge is 0.416 e. The van der Waals surface area contributed by atoms with Crippen molar-refractivity contribution in [1.82, 2.24) is 9.78 Å². The molecule has 3 rings (SSSR count). The van der Waals surface area contributed by atoms with E-state index in [1.54, 1.807) is 0 Å². The Bertz CT molecular complexity index is 1050. The smallest absolute Gasteiger partial charge is 0.383 e. The Morgan fingerprint density at radius 3 is 1.87 bits per heavy atom. The number of hydrogen-bond acceptors (Lipinski definition) is 3. The first-order valence-electron chi connectivity index (χ1n) is 7.46. The summed E-state index contributed by atoms with van der Waals surface area (Å²) in [6, 6.07) is 1.76. The van der Waals surface area contributed by atoms with Gasteiger partial charge in [0.2, 0.25) is 5.41 Å². The highest BCUT2D eigenvalue weighted by Crippen LogP contribution is 2.76. The normalized spacial score (nSPS) is 19.0. The minimum Gasteiger partial charge on any atom is -0.383 e. The number of nitrogens with zero attached hydrogens (tertiary/aromatic N) is 3. The molecule has 1 aliphatic carbocycles. The van der Waals surface area contributed by atoms with Gasteiger partial charge in [0.1, 0.15) is 17.6 Å². The van der Waals surface area contributed by atoms with E-state index in [0.29, 0.717) is 12.1 Å². The molecule has 0 saturated heterocycles. The summed E-state index contributed by atoms with van der Waals surface area (Å²) in [6.07, 6.45) is -9.28. The maximum Gasteiger partial charge on any atom is 0.416 e. The van der Waals surface area contributed by atoms with E-state index in [-0.39, 0.29) is 4.68 Å². The molecule has 1 fully saturated rings. The third kappa shape index (κ3) is 2.52. The molecule has 0 amide bonds. The fourth-order valence-electron chi connectivity index (χ4n) is 3.13. The van der Waals surface area contributed by atoms with Crippen LogP contribution in [0.25, 0.3) is 5.69 Å². The number of nitrogen functional groups attached to an aromatic ring is 1. The number of alkyl halides is 9. The van der Waals surface area contributed by atoms with E-state index >= 15 is 0 Å². The van der Waals surface area contributed by atoms with Crippen molar-refractivity contribution in [3.05, 3.63) is 39.0 Å². The molecule has 0 aliphatic heterocycles. The van der Waals surface area contributed by atoms with Crippen LogP contribution in [-0.2, 0) is 11.6 Å². The van der Waals surface area contributed by atoms with Crippen molar-refractivity contribution in [1.29, 1.82) is 5.26 Å². The zero-order valence-electron chi connectivity index (χ0n) is 13.8. The molecule has 1 heterocycles. The summed E-state index contributed by atoms with van der Waals surface area (Å²) >= 11 is 11.5. The van der Waals surface area contributed by atoms with Gasteiger partial charge in [0.05, 0.1) is 21.2 Å². The van der Waals surface area contributed by atoms with Crippen LogP contribution in [0.15, 0.2) is 12.1 Å². The average Bonchev–Trinajstić information content (AvgIpc) is 2.81. The molecule has 4 nitrogen and oxygen atoms in total. The van der Waals surface area contributed by atoms with Crippen molar-refractivity contribution >= 4 is 29.0 Å². The van der Waals surface area contributed by atoms with Gasteiger partial charge in [-0.2, -0.15) is 41.1 Å². The second-order valence-electron chi connectivity index (χ2n) is 6.18. The number of anilines is 1. The fraction of sp³-hybridized carbons (Fsp3) is 0.333. The van der Waals surface area contributed by atoms with Gasteiger partial charge < -0.3 is 5.73 Å². The molecule has 1 saturated carbocycles. The molecule has 1 aromatic carbocycles. The van der Waals surface area contributed by atoms with Gasteiger partial charge in [0, 0.05) is 0 Å². The Morgan fingerprint density at radius 1 is 1.07 bits per heavy atom. The molecule has 30 heavy (non-hydrogen) atoms. The van der Waals surface area contributed by atoms with Crippen LogP contribution in [-0.4, -0.2) is 28.1 Å². The zero-order valence-corrected chi connectivity index (χ0v) is 15.3. The van der Waals surface area contributed by atoms with E-state index in [9.17, 15) is 39.5 Å². The van der Waals surface area contributed by atoms with Crippen LogP contribution in [0.1, 0.15) is 16.8 Å². The first-order valence-corrected chi connectivity index (χ1v) is 8.22. The van der Waals surface area contributed by atoms with Gasteiger partial charge in [-0.25, -0.2) is 13.5 Å². The zero-order chi connectivity index (χ0) is 23.0. The van der Waals surface area contributed by atoms with Gasteiger partial charge in [-0.05, 0) is 12.1 Å². The number of hydrogen-bond donors (Lipinski definition) is 1. The van der Waals surface area contributed by atoms with Crippen LogP contribution < -0.4 is 5.73 Å². The lowest BCUT2D eigenvalue weighted by Gasteiger charge is -2.16. The predicted molar refractivity (Wildman–Crippen MR) is 85.3 cm³/mol. The SMILES string of the molecule is N#Cc1nn(-c2c(Cl)cc(C(F)(F)F)cc2Cl)c(N)c1C1(C(F)F)C(F)(F)C1(F)F. The molecule has 0 atom stereocenters. The maximum atomic E-state index is 13.8. The number of rotatable bonds is 3. The fourth-order valence-corrected chi connectivity index (χ4v) is 3.78. The predicted octanol–water partition coefficient (Wildman–Crippen LogP) is 5.44. The van der Waals surface area contributed by atoms with Crippen LogP contribution >= 0.6 is 23.2 Å². The van der Waals surface area contributed by atoms with Crippen molar-refractivity contribution in [2.24, 2.45) is 0 Å². The van der Waals surface area contributed by atoms with Crippen LogP contribution in [0.5, 0.6) is 0 Å². The van der Waals surface area contributed by atoms with Crippen molar-refractivity contribution in [3.8, 4) is 11.8 Å². The van der Waals surface area contributed by atoms with Gasteiger partial charge in [0.25, 0.3) is 6.43 Å². The van der Waals surface area contributed by atoms with Gasteiger partial charge in [-0.3, -0.25) is 0 Å². The molecule has 15 heteroatoms. The summed E-state index contributed by atoms with van der Waals surface area (Å²) in [5.74, 6) is -11.8. The van der Waals surface area contributed by atoms with E-state index in [4.69, 9.17) is 34.2 Å². The highest BCUT2D eigenvalue weighted by molar-refractivity contribution is 6.38. The number of nitrogens with two attached hydrogens (primary N) is 1. The molecule has 162 valence electrons. The first-order chi connectivity index (χ1) is 13.6. The third-order valence-corrected chi connectivity index (χ3v) is 5.20. The van der Waals surface area contributed by atoms with Gasteiger partial charge in [-0.1, -0.05) is 23.2 Å². The number of aromatic nitrogens is 2. The van der Waals surface area contributed by atoms with Crippen molar-refractivity contribution < 1.29 is 39.5 Å². The summed E-state index contributed by atoms with van der Waals surface area (Å²) in [4.78, 5) is 0. The standard InChI is InChI=1S/C15H5Cl2F9N4/c16-5-1-4(13(20,21)22)2-6(17)9(5)30-10(28)8(7(3-27)29-30)12(11(18)19)14(23,24)15(12,25)26/h1-2,11H,28H2. The summed E-state index contributed by atoms with van der Waals surface area (Å²) in [7, 11) is 0. The Labute approximate surface area is 170 Å². The molecular formula is C15H5Cl2F9N4. The van der Waals surface area contributed by atoms with Crippen molar-refractivity contribution in [2.75, 3.05) is 5.73 Å². The Kier molecular flexibility index (Phi) is 4.72. The summed E-state index contributed by atoms with van der Waals surface area (Å²) in [5, 5.41) is 10.7. The second kappa shape index (κ2) is 6.34. The minimum absolute atomic E-state index is 0.188. The van der Waals surface area contributed by atoms with Gasteiger partial charge in [0.15, 0.2) is 5.69 Å². The summed E-state index contributed by atoms with van der Waals surface area (Å²) < 4.78 is 121. The molecule has 1 aromatic heterocycles. The third-order valence-electron chi connectivity index (χ3n) is 4.63. The molecule has 0 spiro atoms. The van der Waals surface area contributed by atoms with Crippen LogP contribution in [0, 0.1) is 11.3 Å². The minimum atomic E-state index is -5.28. The lowest BCUT2D eigenvalue weighted by atomic mass is 9.94. The van der Waals surface area contributed by atoms with E-state index in [2.05, 4.69) is 5.10 Å². The summed E-state index contributed by atoms with van der Waals surface area (Å²) in [6.45, 7) is 0. The van der Waals surface area contributed by atoms with Gasteiger partial charge >= 0.3 is 18.0 Å². The molecule has 0 radical (unpaired) electrons. The highest BCUT2D eigenvalue weighted by atomic mass is 35.5. The first kappa shape index (κ1) is 22.4. The maximum absolute atomic E-state index is 13.8.